The molecule has 0 aliphatic heterocycles. The lowest BCUT2D eigenvalue weighted by molar-refractivity contribution is 0.304. The van der Waals surface area contributed by atoms with Gasteiger partial charge in [-0.2, -0.15) is 0 Å². The van der Waals surface area contributed by atoms with Crippen molar-refractivity contribution in [3.8, 4) is 5.75 Å². The fourth-order valence-electron chi connectivity index (χ4n) is 2.51. The van der Waals surface area contributed by atoms with E-state index in [1.807, 2.05) is 0 Å². The average molecular weight is 291 g/mol. The topological polar surface area (TPSA) is 21.3 Å². The Morgan fingerprint density at radius 3 is 2.24 bits per heavy atom. The smallest absolute Gasteiger partial charge is 0.119 e. The summed E-state index contributed by atoms with van der Waals surface area (Å²) in [5, 5.41) is 3.59. The molecule has 1 N–H and O–H groups in total. The van der Waals surface area contributed by atoms with Crippen LogP contribution in [0.5, 0.6) is 5.75 Å². The number of nitrogens with one attached hydrogen (secondary N) is 1. The molecule has 0 amide bonds. The van der Waals surface area contributed by atoms with Gasteiger partial charge in [-0.1, -0.05) is 58.6 Å². The van der Waals surface area contributed by atoms with Crippen LogP contribution >= 0.6 is 0 Å². The number of ether oxygens (including phenoxy) is 1. The summed E-state index contributed by atoms with van der Waals surface area (Å²) in [5.74, 6) is 1.000. The van der Waals surface area contributed by atoms with Crippen molar-refractivity contribution >= 4 is 0 Å². The predicted molar refractivity (Wildman–Crippen MR) is 92.0 cm³/mol. The zero-order valence-electron chi connectivity index (χ0n) is 14.2. The summed E-state index contributed by atoms with van der Waals surface area (Å²) in [6, 6.07) is 9.08. The van der Waals surface area contributed by atoms with Crippen LogP contribution in [-0.4, -0.2) is 13.2 Å². The molecule has 0 aliphatic carbocycles. The highest BCUT2D eigenvalue weighted by Gasteiger charge is 2.07. The molecule has 0 saturated heterocycles. The van der Waals surface area contributed by atoms with E-state index >= 15 is 0 Å². The second-order valence-electron chi connectivity index (χ2n) is 5.75. The third kappa shape index (κ3) is 7.52. The van der Waals surface area contributed by atoms with Gasteiger partial charge < -0.3 is 10.1 Å². The number of hydrogen-bond donors (Lipinski definition) is 1. The molecule has 1 aromatic carbocycles. The maximum Gasteiger partial charge on any atom is 0.119 e. The van der Waals surface area contributed by atoms with E-state index in [4.69, 9.17) is 4.74 Å². The standard InChI is InChI=1S/C19H33NO/c1-4-7-8-9-10-16-21-18-13-11-17(12-14-18)19(6-3)20-15-5-2/h11-14,19-20H,4-10,15-16H2,1-3H3. The first kappa shape index (κ1) is 18.0. The van der Waals surface area contributed by atoms with Crippen LogP contribution in [0.15, 0.2) is 24.3 Å². The number of benzene rings is 1. The van der Waals surface area contributed by atoms with E-state index in [1.54, 1.807) is 0 Å². The van der Waals surface area contributed by atoms with Crippen LogP contribution < -0.4 is 10.1 Å². The Balaban J connectivity index is 2.32. The molecule has 0 saturated carbocycles. The summed E-state index contributed by atoms with van der Waals surface area (Å²) in [7, 11) is 0. The molecular weight excluding hydrogens is 258 g/mol. The molecule has 120 valence electrons. The number of unbranched alkanes of at least 4 members (excludes halogenated alkanes) is 4. The van der Waals surface area contributed by atoms with E-state index < -0.39 is 0 Å². The quantitative estimate of drug-likeness (QED) is 0.514. The summed E-state index contributed by atoms with van der Waals surface area (Å²) in [6.07, 6.45) is 8.72. The lowest BCUT2D eigenvalue weighted by Gasteiger charge is -2.17. The molecule has 1 aromatic rings. The third-order valence-electron chi connectivity index (χ3n) is 3.85. The first-order valence-electron chi connectivity index (χ1n) is 8.77. The normalized spacial score (nSPS) is 12.3. The highest BCUT2D eigenvalue weighted by Crippen LogP contribution is 2.20. The summed E-state index contributed by atoms with van der Waals surface area (Å²) < 4.78 is 5.82. The maximum absolute atomic E-state index is 5.82. The first-order valence-corrected chi connectivity index (χ1v) is 8.77. The Hall–Kier alpha value is -1.02. The zero-order chi connectivity index (χ0) is 15.3. The maximum atomic E-state index is 5.82. The molecule has 2 heteroatoms. The minimum atomic E-state index is 0.466. The minimum absolute atomic E-state index is 0.466. The van der Waals surface area contributed by atoms with Gasteiger partial charge >= 0.3 is 0 Å². The van der Waals surface area contributed by atoms with Crippen molar-refractivity contribution in [3.05, 3.63) is 29.8 Å². The second kappa shape index (κ2) is 11.6. The van der Waals surface area contributed by atoms with Crippen LogP contribution in [-0.2, 0) is 0 Å². The van der Waals surface area contributed by atoms with E-state index in [9.17, 15) is 0 Å². The molecule has 0 spiro atoms. The SMILES string of the molecule is CCCCCCCOc1ccc(C(CC)NCCC)cc1. The summed E-state index contributed by atoms with van der Waals surface area (Å²) in [5.41, 5.74) is 1.36. The van der Waals surface area contributed by atoms with E-state index in [2.05, 4.69) is 50.4 Å². The van der Waals surface area contributed by atoms with Crippen molar-refractivity contribution in [3.63, 3.8) is 0 Å². The Labute approximate surface area is 131 Å². The Morgan fingerprint density at radius 1 is 0.905 bits per heavy atom. The lowest BCUT2D eigenvalue weighted by atomic mass is 10.0. The average Bonchev–Trinajstić information content (AvgIpc) is 2.53. The van der Waals surface area contributed by atoms with Gasteiger partial charge in [0.1, 0.15) is 5.75 Å². The number of rotatable bonds is 12. The molecule has 0 aliphatic rings. The molecule has 0 radical (unpaired) electrons. The molecule has 0 fully saturated rings. The van der Waals surface area contributed by atoms with Gasteiger partial charge in [0.2, 0.25) is 0 Å². The van der Waals surface area contributed by atoms with Gasteiger partial charge in [-0.25, -0.2) is 0 Å². The van der Waals surface area contributed by atoms with Crippen LogP contribution in [0.4, 0.5) is 0 Å². The van der Waals surface area contributed by atoms with Crippen molar-refractivity contribution in [1.29, 1.82) is 0 Å². The largest absolute Gasteiger partial charge is 0.494 e. The van der Waals surface area contributed by atoms with Gasteiger partial charge in [0.25, 0.3) is 0 Å². The first-order chi connectivity index (χ1) is 10.3. The van der Waals surface area contributed by atoms with E-state index in [0.717, 1.165) is 31.7 Å². The highest BCUT2D eigenvalue weighted by molar-refractivity contribution is 5.29. The molecular formula is C19H33NO. The van der Waals surface area contributed by atoms with E-state index in [1.165, 1.54) is 37.7 Å². The highest BCUT2D eigenvalue weighted by atomic mass is 16.5. The van der Waals surface area contributed by atoms with Crippen LogP contribution in [0, 0.1) is 0 Å². The molecule has 0 bridgehead atoms. The van der Waals surface area contributed by atoms with Gasteiger partial charge in [0, 0.05) is 6.04 Å². The van der Waals surface area contributed by atoms with Crippen molar-refractivity contribution in [1.82, 2.24) is 5.32 Å². The van der Waals surface area contributed by atoms with Crippen molar-refractivity contribution < 1.29 is 4.74 Å². The predicted octanol–water partition coefficient (Wildman–Crippen LogP) is 5.49. The second-order valence-corrected chi connectivity index (χ2v) is 5.75. The lowest BCUT2D eigenvalue weighted by Crippen LogP contribution is -2.21. The van der Waals surface area contributed by atoms with Gasteiger partial charge in [-0.15, -0.1) is 0 Å². The summed E-state index contributed by atoms with van der Waals surface area (Å²) in [4.78, 5) is 0. The minimum Gasteiger partial charge on any atom is -0.494 e. The molecule has 0 heterocycles. The van der Waals surface area contributed by atoms with Gasteiger partial charge in [-0.3, -0.25) is 0 Å². The molecule has 2 nitrogen and oxygen atoms in total. The van der Waals surface area contributed by atoms with Gasteiger partial charge in [0.15, 0.2) is 0 Å². The zero-order valence-corrected chi connectivity index (χ0v) is 14.2. The molecule has 1 atom stereocenters. The third-order valence-corrected chi connectivity index (χ3v) is 3.85. The van der Waals surface area contributed by atoms with Crippen LogP contribution in [0.3, 0.4) is 0 Å². The number of hydrogen-bond acceptors (Lipinski definition) is 2. The van der Waals surface area contributed by atoms with Gasteiger partial charge in [0.05, 0.1) is 6.61 Å². The van der Waals surface area contributed by atoms with Crippen LogP contribution in [0.2, 0.25) is 0 Å². The van der Waals surface area contributed by atoms with E-state index in [-0.39, 0.29) is 0 Å². The summed E-state index contributed by atoms with van der Waals surface area (Å²) in [6.45, 7) is 8.60. The van der Waals surface area contributed by atoms with Crippen molar-refractivity contribution in [2.24, 2.45) is 0 Å². The Kier molecular flexibility index (Phi) is 9.98. The van der Waals surface area contributed by atoms with Gasteiger partial charge in [-0.05, 0) is 43.5 Å². The van der Waals surface area contributed by atoms with Crippen molar-refractivity contribution in [2.45, 2.75) is 71.8 Å². The summed E-state index contributed by atoms with van der Waals surface area (Å²) >= 11 is 0. The van der Waals surface area contributed by atoms with Crippen LogP contribution in [0.1, 0.15) is 77.3 Å². The molecule has 21 heavy (non-hydrogen) atoms. The fourth-order valence-corrected chi connectivity index (χ4v) is 2.51. The Morgan fingerprint density at radius 2 is 1.62 bits per heavy atom. The van der Waals surface area contributed by atoms with Crippen LogP contribution in [0.25, 0.3) is 0 Å². The monoisotopic (exact) mass is 291 g/mol. The molecule has 1 unspecified atom stereocenters. The molecule has 0 aromatic heterocycles. The molecule has 1 rings (SSSR count). The Bertz CT molecular complexity index is 347. The fraction of sp³-hybridized carbons (Fsp3) is 0.684. The van der Waals surface area contributed by atoms with Crippen molar-refractivity contribution in [2.75, 3.05) is 13.2 Å². The van der Waals surface area contributed by atoms with E-state index in [0.29, 0.717) is 6.04 Å².